The number of furan rings is 1. The Labute approximate surface area is 117 Å². The van der Waals surface area contributed by atoms with Crippen LogP contribution in [0.25, 0.3) is 0 Å². The highest BCUT2D eigenvalue weighted by atomic mass is 16.5. The van der Waals surface area contributed by atoms with Crippen molar-refractivity contribution in [3.63, 3.8) is 0 Å². The third-order valence-electron chi connectivity index (χ3n) is 2.94. The molecule has 0 saturated heterocycles. The van der Waals surface area contributed by atoms with Gasteiger partial charge < -0.3 is 14.5 Å². The van der Waals surface area contributed by atoms with Crippen LogP contribution in [0.1, 0.15) is 32.1 Å². The summed E-state index contributed by atoms with van der Waals surface area (Å²) in [5.41, 5.74) is 1.25. The van der Waals surface area contributed by atoms with Gasteiger partial charge in [-0.25, -0.2) is 0 Å². The monoisotopic (exact) mass is 268 g/mol. The van der Waals surface area contributed by atoms with Crippen LogP contribution in [-0.4, -0.2) is 38.3 Å². The average molecular weight is 268 g/mol. The van der Waals surface area contributed by atoms with Gasteiger partial charge in [0.25, 0.3) is 0 Å². The quantitative estimate of drug-likeness (QED) is 0.662. The molecule has 1 rings (SSSR count). The molecule has 0 aliphatic rings. The molecule has 4 heteroatoms. The van der Waals surface area contributed by atoms with Gasteiger partial charge in [0.15, 0.2) is 0 Å². The van der Waals surface area contributed by atoms with E-state index in [1.54, 1.807) is 6.26 Å². The summed E-state index contributed by atoms with van der Waals surface area (Å²) >= 11 is 0. The van der Waals surface area contributed by atoms with E-state index in [0.29, 0.717) is 5.92 Å². The summed E-state index contributed by atoms with van der Waals surface area (Å²) in [6, 6.07) is 2.05. The van der Waals surface area contributed by atoms with Crippen molar-refractivity contribution in [2.75, 3.05) is 33.4 Å². The van der Waals surface area contributed by atoms with Crippen molar-refractivity contribution in [2.24, 2.45) is 5.92 Å². The Bertz CT molecular complexity index is 337. The number of rotatable bonds is 10. The van der Waals surface area contributed by atoms with Gasteiger partial charge in [0.2, 0.25) is 0 Å². The molecule has 0 bridgehead atoms. The predicted molar refractivity (Wildman–Crippen MR) is 78.1 cm³/mol. The molecule has 0 spiro atoms. The number of ether oxygens (including phenoxy) is 1. The average Bonchev–Trinajstić information content (AvgIpc) is 2.76. The Morgan fingerprint density at radius 3 is 2.89 bits per heavy atom. The zero-order valence-electron chi connectivity index (χ0n) is 12.7. The molecule has 1 aromatic heterocycles. The van der Waals surface area contributed by atoms with Crippen LogP contribution in [0, 0.1) is 5.92 Å². The number of likely N-dealkylation sites (N-methyl/N-ethyl adjacent to an activating group) is 1. The highest BCUT2D eigenvalue weighted by Crippen LogP contribution is 2.12. The number of nitrogens with zero attached hydrogens (tertiary/aromatic N) is 1. The number of hydrogen-bond donors (Lipinski definition) is 1. The van der Waals surface area contributed by atoms with Gasteiger partial charge in [0.05, 0.1) is 19.4 Å². The lowest BCUT2D eigenvalue weighted by molar-refractivity contribution is 0.118. The van der Waals surface area contributed by atoms with Crippen LogP contribution in [-0.2, 0) is 17.8 Å². The van der Waals surface area contributed by atoms with Crippen molar-refractivity contribution in [3.05, 3.63) is 23.7 Å². The fourth-order valence-corrected chi connectivity index (χ4v) is 1.85. The molecular formula is C15H28N2O2. The smallest absolute Gasteiger partial charge is 0.122 e. The first kappa shape index (κ1) is 16.2. The van der Waals surface area contributed by atoms with Crippen LogP contribution < -0.4 is 5.32 Å². The summed E-state index contributed by atoms with van der Waals surface area (Å²) in [7, 11) is 2.09. The van der Waals surface area contributed by atoms with E-state index >= 15 is 0 Å². The zero-order valence-corrected chi connectivity index (χ0v) is 12.7. The fourth-order valence-electron chi connectivity index (χ4n) is 1.85. The van der Waals surface area contributed by atoms with Crippen LogP contribution in [0.5, 0.6) is 0 Å². The van der Waals surface area contributed by atoms with Gasteiger partial charge in [0, 0.05) is 25.3 Å². The van der Waals surface area contributed by atoms with Gasteiger partial charge in [-0.2, -0.15) is 0 Å². The summed E-state index contributed by atoms with van der Waals surface area (Å²) < 4.78 is 10.9. The molecule has 0 saturated carbocycles. The Morgan fingerprint density at radius 1 is 1.42 bits per heavy atom. The molecule has 4 nitrogen and oxygen atoms in total. The normalized spacial score (nSPS) is 11.7. The molecule has 0 fully saturated rings. The summed E-state index contributed by atoms with van der Waals surface area (Å²) in [6.45, 7) is 11.7. The Balaban J connectivity index is 2.35. The SMILES string of the molecule is CCOCCN(C)Cc1occc1CNCC(C)C. The molecule has 0 aliphatic heterocycles. The standard InChI is InChI=1S/C15H28N2O2/c1-5-18-9-7-17(4)12-15-14(6-8-19-15)11-16-10-13(2)3/h6,8,13,16H,5,7,9-12H2,1-4H3. The van der Waals surface area contributed by atoms with Crippen LogP contribution >= 0.6 is 0 Å². The van der Waals surface area contributed by atoms with Gasteiger partial charge >= 0.3 is 0 Å². The van der Waals surface area contributed by atoms with E-state index in [1.807, 2.05) is 6.92 Å². The third kappa shape index (κ3) is 6.76. The number of nitrogens with one attached hydrogen (secondary N) is 1. The molecule has 0 aliphatic carbocycles. The summed E-state index contributed by atoms with van der Waals surface area (Å²) in [6.07, 6.45) is 1.78. The van der Waals surface area contributed by atoms with Crippen molar-refractivity contribution in [1.82, 2.24) is 10.2 Å². The van der Waals surface area contributed by atoms with Gasteiger partial charge in [-0.1, -0.05) is 13.8 Å². The Hall–Kier alpha value is -0.840. The molecule has 0 unspecified atom stereocenters. The minimum atomic E-state index is 0.671. The Kier molecular flexibility index (Phi) is 7.79. The van der Waals surface area contributed by atoms with E-state index in [9.17, 15) is 0 Å². The van der Waals surface area contributed by atoms with E-state index in [0.717, 1.165) is 45.2 Å². The topological polar surface area (TPSA) is 37.6 Å². The lowest BCUT2D eigenvalue weighted by Crippen LogP contribution is -2.24. The molecule has 0 atom stereocenters. The second kappa shape index (κ2) is 9.13. The van der Waals surface area contributed by atoms with E-state index in [-0.39, 0.29) is 0 Å². The van der Waals surface area contributed by atoms with Crippen molar-refractivity contribution in [2.45, 2.75) is 33.9 Å². The van der Waals surface area contributed by atoms with Gasteiger partial charge in [-0.15, -0.1) is 0 Å². The van der Waals surface area contributed by atoms with Crippen molar-refractivity contribution < 1.29 is 9.15 Å². The maximum absolute atomic E-state index is 5.58. The minimum absolute atomic E-state index is 0.671. The van der Waals surface area contributed by atoms with Crippen LogP contribution in [0.15, 0.2) is 16.7 Å². The first-order valence-corrected chi connectivity index (χ1v) is 7.15. The maximum Gasteiger partial charge on any atom is 0.122 e. The maximum atomic E-state index is 5.58. The molecule has 1 aromatic rings. The molecule has 1 N–H and O–H groups in total. The van der Waals surface area contributed by atoms with E-state index < -0.39 is 0 Å². The number of hydrogen-bond acceptors (Lipinski definition) is 4. The highest BCUT2D eigenvalue weighted by Gasteiger charge is 2.09. The summed E-state index contributed by atoms with van der Waals surface area (Å²) in [5, 5.41) is 3.45. The van der Waals surface area contributed by atoms with Crippen molar-refractivity contribution in [3.8, 4) is 0 Å². The molecule has 110 valence electrons. The van der Waals surface area contributed by atoms with Crippen molar-refractivity contribution in [1.29, 1.82) is 0 Å². The van der Waals surface area contributed by atoms with Gasteiger partial charge in [0.1, 0.15) is 5.76 Å². The molecule has 0 amide bonds. The van der Waals surface area contributed by atoms with Crippen LogP contribution in [0.4, 0.5) is 0 Å². The molecule has 19 heavy (non-hydrogen) atoms. The summed E-state index contributed by atoms with van der Waals surface area (Å²) in [4.78, 5) is 2.22. The van der Waals surface area contributed by atoms with Crippen LogP contribution in [0.3, 0.4) is 0 Å². The first-order valence-electron chi connectivity index (χ1n) is 7.15. The van der Waals surface area contributed by atoms with Gasteiger partial charge in [-0.3, -0.25) is 4.90 Å². The second-order valence-electron chi connectivity index (χ2n) is 5.33. The van der Waals surface area contributed by atoms with Gasteiger partial charge in [-0.05, 0) is 32.5 Å². The molecule has 0 aromatic carbocycles. The predicted octanol–water partition coefficient (Wildman–Crippen LogP) is 2.49. The van der Waals surface area contributed by atoms with E-state index in [2.05, 4.69) is 37.2 Å². The first-order chi connectivity index (χ1) is 9.13. The zero-order chi connectivity index (χ0) is 14.1. The van der Waals surface area contributed by atoms with E-state index in [1.165, 1.54) is 5.56 Å². The van der Waals surface area contributed by atoms with Crippen LogP contribution in [0.2, 0.25) is 0 Å². The highest BCUT2D eigenvalue weighted by molar-refractivity contribution is 5.16. The molecular weight excluding hydrogens is 240 g/mol. The summed E-state index contributed by atoms with van der Waals surface area (Å²) in [5.74, 6) is 1.72. The lowest BCUT2D eigenvalue weighted by Gasteiger charge is -2.16. The van der Waals surface area contributed by atoms with Crippen molar-refractivity contribution >= 4 is 0 Å². The lowest BCUT2D eigenvalue weighted by atomic mass is 10.2. The molecule has 0 radical (unpaired) electrons. The van der Waals surface area contributed by atoms with E-state index in [4.69, 9.17) is 9.15 Å². The minimum Gasteiger partial charge on any atom is -0.468 e. The second-order valence-corrected chi connectivity index (χ2v) is 5.33. The fraction of sp³-hybridized carbons (Fsp3) is 0.733. The third-order valence-corrected chi connectivity index (χ3v) is 2.94. The Morgan fingerprint density at radius 2 is 2.21 bits per heavy atom. The molecule has 1 heterocycles. The largest absolute Gasteiger partial charge is 0.468 e.